The molecule has 3 nitrogen and oxygen atoms in total. The minimum Gasteiger partial charge on any atom is -0.324 e. The third-order valence-electron chi connectivity index (χ3n) is 3.71. The van der Waals surface area contributed by atoms with Crippen molar-refractivity contribution in [3.63, 3.8) is 0 Å². The zero-order valence-corrected chi connectivity index (χ0v) is 14.2. The third kappa shape index (κ3) is 8.24. The first-order valence-corrected chi connectivity index (χ1v) is 9.67. The highest BCUT2D eigenvalue weighted by molar-refractivity contribution is 7.59. The Balaban J connectivity index is 4.50. The number of unbranched alkanes of at least 4 members (excludes halogenated alkanes) is 3. The molecule has 0 rings (SSSR count). The molecule has 3 atom stereocenters. The van der Waals surface area contributed by atoms with Gasteiger partial charge in [-0.15, -0.1) is 0 Å². The molecule has 6 N–H and O–H groups in total. The standard InChI is InChI=1S/C15H36N3P/c1-4-7-10-13(16)19(14(17)11-8-5-2)15(18)12-9-6-3/h13-15H,4-12,16-18H2,1-3H3. The summed E-state index contributed by atoms with van der Waals surface area (Å²) in [4.78, 5) is 0. The molecule has 0 aliphatic heterocycles. The molecule has 0 spiro atoms. The van der Waals surface area contributed by atoms with E-state index in [2.05, 4.69) is 20.8 Å². The maximum Gasteiger partial charge on any atom is 0.0271 e. The molecule has 0 saturated carbocycles. The molecule has 0 amide bonds. The fourth-order valence-electron chi connectivity index (χ4n) is 2.42. The van der Waals surface area contributed by atoms with E-state index in [1.807, 2.05) is 0 Å². The Morgan fingerprint density at radius 1 is 0.632 bits per heavy atom. The number of rotatable bonds is 12. The summed E-state index contributed by atoms with van der Waals surface area (Å²) >= 11 is 0. The highest BCUT2D eigenvalue weighted by Crippen LogP contribution is 2.49. The normalized spacial score (nSPS) is 18.0. The summed E-state index contributed by atoms with van der Waals surface area (Å²) in [5, 5.41) is 0. The van der Waals surface area contributed by atoms with E-state index >= 15 is 0 Å². The van der Waals surface area contributed by atoms with Gasteiger partial charge in [-0.25, -0.2) is 0 Å². The lowest BCUT2D eigenvalue weighted by molar-refractivity contribution is 0.630. The molecule has 116 valence electrons. The summed E-state index contributed by atoms with van der Waals surface area (Å²) < 4.78 is 0. The van der Waals surface area contributed by atoms with Gasteiger partial charge in [-0.3, -0.25) is 0 Å². The van der Waals surface area contributed by atoms with Gasteiger partial charge in [0.15, 0.2) is 0 Å². The van der Waals surface area contributed by atoms with Crippen molar-refractivity contribution in [3.05, 3.63) is 0 Å². The second-order valence-electron chi connectivity index (χ2n) is 5.58. The Labute approximate surface area is 121 Å². The lowest BCUT2D eigenvalue weighted by atomic mass is 10.2. The molecule has 0 fully saturated rings. The number of nitrogens with two attached hydrogens (primary N) is 3. The van der Waals surface area contributed by atoms with E-state index in [9.17, 15) is 0 Å². The number of hydrogen-bond donors (Lipinski definition) is 3. The van der Waals surface area contributed by atoms with Crippen LogP contribution < -0.4 is 17.2 Å². The van der Waals surface area contributed by atoms with Crippen molar-refractivity contribution in [2.45, 2.75) is 95.9 Å². The fraction of sp³-hybridized carbons (Fsp3) is 1.00. The first-order chi connectivity index (χ1) is 9.08. The van der Waals surface area contributed by atoms with Gasteiger partial charge < -0.3 is 17.2 Å². The molecular formula is C15H36N3P. The largest absolute Gasteiger partial charge is 0.324 e. The van der Waals surface area contributed by atoms with Gasteiger partial charge in [0, 0.05) is 17.3 Å². The van der Waals surface area contributed by atoms with E-state index in [1.165, 1.54) is 38.5 Å². The van der Waals surface area contributed by atoms with E-state index in [1.54, 1.807) is 0 Å². The Hall–Kier alpha value is 0.310. The Morgan fingerprint density at radius 2 is 0.895 bits per heavy atom. The van der Waals surface area contributed by atoms with E-state index in [4.69, 9.17) is 17.2 Å². The second kappa shape index (κ2) is 12.1. The molecule has 0 aliphatic carbocycles. The van der Waals surface area contributed by atoms with Crippen molar-refractivity contribution in [2.24, 2.45) is 17.2 Å². The molecule has 0 saturated heterocycles. The SMILES string of the molecule is CCCCC(N)P(C(N)CCCC)C(N)CCCC. The van der Waals surface area contributed by atoms with E-state index in [-0.39, 0.29) is 17.3 Å². The van der Waals surface area contributed by atoms with Gasteiger partial charge in [0.1, 0.15) is 0 Å². The van der Waals surface area contributed by atoms with Gasteiger partial charge in [-0.2, -0.15) is 0 Å². The van der Waals surface area contributed by atoms with Crippen molar-refractivity contribution < 1.29 is 0 Å². The monoisotopic (exact) mass is 289 g/mol. The van der Waals surface area contributed by atoms with Crippen LogP contribution in [0.2, 0.25) is 0 Å². The molecule has 0 aromatic heterocycles. The van der Waals surface area contributed by atoms with Crippen molar-refractivity contribution in [1.29, 1.82) is 0 Å². The minimum absolute atomic E-state index is 0.230. The van der Waals surface area contributed by atoms with Gasteiger partial charge in [0.05, 0.1) is 0 Å². The summed E-state index contributed by atoms with van der Waals surface area (Å²) in [6.45, 7) is 6.63. The van der Waals surface area contributed by atoms with Crippen LogP contribution in [0.5, 0.6) is 0 Å². The molecule has 0 radical (unpaired) electrons. The fourth-order valence-corrected chi connectivity index (χ4v) is 5.34. The summed E-state index contributed by atoms with van der Waals surface area (Å²) in [6.07, 6.45) is 10.4. The molecule has 0 aliphatic rings. The maximum atomic E-state index is 6.42. The van der Waals surface area contributed by atoms with Crippen LogP contribution in [0.25, 0.3) is 0 Å². The molecule has 0 aromatic carbocycles. The summed E-state index contributed by atoms with van der Waals surface area (Å²) in [5.74, 6) is 0.691. The minimum atomic E-state index is -0.446. The van der Waals surface area contributed by atoms with Crippen LogP contribution >= 0.6 is 7.92 Å². The topological polar surface area (TPSA) is 78.1 Å². The predicted octanol–water partition coefficient (Wildman–Crippen LogP) is 3.89. The van der Waals surface area contributed by atoms with Crippen LogP contribution in [0.15, 0.2) is 0 Å². The molecule has 0 bridgehead atoms. The lowest BCUT2D eigenvalue weighted by Crippen LogP contribution is -2.37. The molecule has 3 unspecified atom stereocenters. The zero-order valence-electron chi connectivity index (χ0n) is 13.3. The van der Waals surface area contributed by atoms with Crippen LogP contribution in [0.3, 0.4) is 0 Å². The predicted molar refractivity (Wildman–Crippen MR) is 89.4 cm³/mol. The van der Waals surface area contributed by atoms with Crippen molar-refractivity contribution in [3.8, 4) is 0 Å². The third-order valence-corrected chi connectivity index (χ3v) is 6.78. The van der Waals surface area contributed by atoms with Crippen LogP contribution in [-0.4, -0.2) is 17.3 Å². The van der Waals surface area contributed by atoms with Crippen LogP contribution in [0, 0.1) is 0 Å². The van der Waals surface area contributed by atoms with Gasteiger partial charge >= 0.3 is 0 Å². The van der Waals surface area contributed by atoms with Crippen molar-refractivity contribution >= 4 is 7.92 Å². The Bertz CT molecular complexity index is 169. The lowest BCUT2D eigenvalue weighted by Gasteiger charge is -2.35. The second-order valence-corrected chi connectivity index (χ2v) is 8.46. The van der Waals surface area contributed by atoms with Gasteiger partial charge in [-0.05, 0) is 19.3 Å². The van der Waals surface area contributed by atoms with Crippen LogP contribution in [-0.2, 0) is 0 Å². The van der Waals surface area contributed by atoms with Gasteiger partial charge in [0.25, 0.3) is 0 Å². The van der Waals surface area contributed by atoms with Crippen molar-refractivity contribution in [2.75, 3.05) is 0 Å². The molecule has 0 heterocycles. The van der Waals surface area contributed by atoms with E-state index in [0.717, 1.165) is 19.3 Å². The van der Waals surface area contributed by atoms with Gasteiger partial charge in [0.2, 0.25) is 0 Å². The average Bonchev–Trinajstić information content (AvgIpc) is 2.40. The first-order valence-electron chi connectivity index (χ1n) is 8.12. The van der Waals surface area contributed by atoms with Crippen molar-refractivity contribution in [1.82, 2.24) is 0 Å². The Kier molecular flexibility index (Phi) is 12.3. The quantitative estimate of drug-likeness (QED) is 0.477. The molecule has 4 heteroatoms. The highest BCUT2D eigenvalue weighted by atomic mass is 31.1. The molecule has 0 aromatic rings. The van der Waals surface area contributed by atoms with Gasteiger partial charge in [-0.1, -0.05) is 67.2 Å². The van der Waals surface area contributed by atoms with E-state index in [0.29, 0.717) is 0 Å². The molecular weight excluding hydrogens is 253 g/mol. The summed E-state index contributed by atoms with van der Waals surface area (Å²) in [6, 6.07) is 0. The molecule has 19 heavy (non-hydrogen) atoms. The first kappa shape index (κ1) is 19.3. The zero-order chi connectivity index (χ0) is 14.7. The Morgan fingerprint density at radius 3 is 1.11 bits per heavy atom. The average molecular weight is 289 g/mol. The summed E-state index contributed by atoms with van der Waals surface area (Å²) in [5.41, 5.74) is 19.3. The summed E-state index contributed by atoms with van der Waals surface area (Å²) in [7, 11) is -0.446. The smallest absolute Gasteiger partial charge is 0.0271 e. The highest BCUT2D eigenvalue weighted by Gasteiger charge is 2.28. The van der Waals surface area contributed by atoms with Crippen LogP contribution in [0.1, 0.15) is 78.6 Å². The number of hydrogen-bond acceptors (Lipinski definition) is 3. The van der Waals surface area contributed by atoms with E-state index < -0.39 is 7.92 Å². The maximum absolute atomic E-state index is 6.42. The van der Waals surface area contributed by atoms with Crippen LogP contribution in [0.4, 0.5) is 0 Å².